The molecule has 2 aromatic heterocycles. The second-order valence-corrected chi connectivity index (χ2v) is 5.77. The Bertz CT molecular complexity index is 668. The standard InChI is InChI=1S/C16H21N3O3/c1-12-3-2-4-19-14(8-17-16(12)19)7-15(21)18-5-6-22-11-13(9-18)10-20/h2-4,8,13,20H,5-7,9-11H2,1H3/t13-/m0/s1. The molecule has 118 valence electrons. The van der Waals surface area contributed by atoms with E-state index in [0.717, 1.165) is 16.9 Å². The van der Waals surface area contributed by atoms with Crippen molar-refractivity contribution in [3.63, 3.8) is 0 Å². The lowest BCUT2D eigenvalue weighted by Crippen LogP contribution is -2.37. The van der Waals surface area contributed by atoms with Crippen LogP contribution in [0.3, 0.4) is 0 Å². The monoisotopic (exact) mass is 303 g/mol. The van der Waals surface area contributed by atoms with Crippen LogP contribution in [-0.4, -0.2) is 58.2 Å². The number of hydrogen-bond acceptors (Lipinski definition) is 4. The summed E-state index contributed by atoms with van der Waals surface area (Å²) in [6.07, 6.45) is 4.00. The van der Waals surface area contributed by atoms with E-state index >= 15 is 0 Å². The maximum Gasteiger partial charge on any atom is 0.228 e. The molecule has 3 rings (SSSR count). The molecule has 22 heavy (non-hydrogen) atoms. The van der Waals surface area contributed by atoms with Gasteiger partial charge in [-0.1, -0.05) is 6.07 Å². The van der Waals surface area contributed by atoms with Gasteiger partial charge in [-0.3, -0.25) is 4.79 Å². The van der Waals surface area contributed by atoms with E-state index in [4.69, 9.17) is 4.74 Å². The molecule has 1 N–H and O–H groups in total. The number of aliphatic hydroxyl groups excluding tert-OH is 1. The first-order valence-electron chi connectivity index (χ1n) is 7.57. The molecule has 1 amide bonds. The van der Waals surface area contributed by atoms with Crippen LogP contribution in [0.4, 0.5) is 0 Å². The molecule has 1 aliphatic heterocycles. The van der Waals surface area contributed by atoms with Crippen LogP contribution >= 0.6 is 0 Å². The van der Waals surface area contributed by atoms with Crippen molar-refractivity contribution in [3.8, 4) is 0 Å². The first kappa shape index (κ1) is 15.0. The normalized spacial score (nSPS) is 19.4. The minimum Gasteiger partial charge on any atom is -0.396 e. The number of aryl methyl sites for hydroxylation is 1. The molecule has 1 atom stereocenters. The third-order valence-electron chi connectivity index (χ3n) is 4.09. The van der Waals surface area contributed by atoms with Gasteiger partial charge >= 0.3 is 0 Å². The fourth-order valence-electron chi connectivity index (χ4n) is 2.82. The van der Waals surface area contributed by atoms with Crippen molar-refractivity contribution in [3.05, 3.63) is 35.8 Å². The van der Waals surface area contributed by atoms with Crippen LogP contribution in [0.1, 0.15) is 11.3 Å². The number of carbonyl (C=O) groups is 1. The summed E-state index contributed by atoms with van der Waals surface area (Å²) in [6.45, 7) is 4.20. The maximum atomic E-state index is 12.6. The predicted molar refractivity (Wildman–Crippen MR) is 81.6 cm³/mol. The lowest BCUT2D eigenvalue weighted by molar-refractivity contribution is -0.131. The lowest BCUT2D eigenvalue weighted by atomic mass is 10.1. The van der Waals surface area contributed by atoms with E-state index < -0.39 is 0 Å². The molecule has 6 heteroatoms. The molecule has 1 aliphatic rings. The molecular weight excluding hydrogens is 282 g/mol. The van der Waals surface area contributed by atoms with E-state index in [-0.39, 0.29) is 18.4 Å². The highest BCUT2D eigenvalue weighted by atomic mass is 16.5. The number of imidazole rings is 1. The molecule has 1 fully saturated rings. The largest absolute Gasteiger partial charge is 0.396 e. The fraction of sp³-hybridized carbons (Fsp3) is 0.500. The van der Waals surface area contributed by atoms with E-state index in [1.165, 1.54) is 0 Å². The predicted octanol–water partition coefficient (Wildman–Crippen LogP) is 0.653. The van der Waals surface area contributed by atoms with Gasteiger partial charge in [-0.2, -0.15) is 0 Å². The number of carbonyl (C=O) groups excluding carboxylic acids is 1. The first-order valence-corrected chi connectivity index (χ1v) is 7.57. The summed E-state index contributed by atoms with van der Waals surface area (Å²) in [5.74, 6) is 0.0446. The van der Waals surface area contributed by atoms with Crippen molar-refractivity contribution in [2.45, 2.75) is 13.3 Å². The number of amides is 1. The maximum absolute atomic E-state index is 12.6. The molecule has 0 unspecified atom stereocenters. The van der Waals surface area contributed by atoms with E-state index in [0.29, 0.717) is 32.7 Å². The fourth-order valence-corrected chi connectivity index (χ4v) is 2.82. The first-order chi connectivity index (χ1) is 10.7. The number of hydrogen-bond donors (Lipinski definition) is 1. The van der Waals surface area contributed by atoms with Crippen molar-refractivity contribution >= 4 is 11.6 Å². The van der Waals surface area contributed by atoms with E-state index in [1.54, 1.807) is 11.1 Å². The Morgan fingerprint density at radius 1 is 1.55 bits per heavy atom. The Labute approximate surface area is 129 Å². The third-order valence-corrected chi connectivity index (χ3v) is 4.09. The van der Waals surface area contributed by atoms with Crippen molar-refractivity contribution in [1.29, 1.82) is 0 Å². The summed E-state index contributed by atoms with van der Waals surface area (Å²) >= 11 is 0. The molecule has 0 bridgehead atoms. The minimum atomic E-state index is -0.00382. The van der Waals surface area contributed by atoms with Crippen molar-refractivity contribution < 1.29 is 14.6 Å². The van der Waals surface area contributed by atoms with Gasteiger partial charge in [0.2, 0.25) is 5.91 Å². The number of rotatable bonds is 3. The van der Waals surface area contributed by atoms with Crippen LogP contribution in [0.25, 0.3) is 5.65 Å². The zero-order valence-corrected chi connectivity index (χ0v) is 12.7. The minimum absolute atomic E-state index is 0.00382. The van der Waals surface area contributed by atoms with Gasteiger partial charge in [0.25, 0.3) is 0 Å². The summed E-state index contributed by atoms with van der Waals surface area (Å²) in [6, 6.07) is 3.96. The van der Waals surface area contributed by atoms with Crippen LogP contribution in [0, 0.1) is 12.8 Å². The summed E-state index contributed by atoms with van der Waals surface area (Å²) in [5, 5.41) is 9.31. The quantitative estimate of drug-likeness (QED) is 0.904. The molecule has 3 heterocycles. The Kier molecular flexibility index (Phi) is 4.40. The van der Waals surface area contributed by atoms with Gasteiger partial charge in [-0.25, -0.2) is 4.98 Å². The smallest absolute Gasteiger partial charge is 0.228 e. The third kappa shape index (κ3) is 2.98. The Morgan fingerprint density at radius 2 is 2.41 bits per heavy atom. The van der Waals surface area contributed by atoms with Gasteiger partial charge in [0.15, 0.2) is 0 Å². The second kappa shape index (κ2) is 6.46. The summed E-state index contributed by atoms with van der Waals surface area (Å²) < 4.78 is 7.39. The number of aliphatic hydroxyl groups is 1. The highest BCUT2D eigenvalue weighted by molar-refractivity contribution is 5.78. The van der Waals surface area contributed by atoms with Crippen LogP contribution in [0.2, 0.25) is 0 Å². The molecule has 0 saturated carbocycles. The molecule has 0 aromatic carbocycles. The lowest BCUT2D eigenvalue weighted by Gasteiger charge is -2.22. The van der Waals surface area contributed by atoms with Gasteiger partial charge in [0, 0.05) is 38.0 Å². The van der Waals surface area contributed by atoms with E-state index in [1.807, 2.05) is 29.7 Å². The highest BCUT2D eigenvalue weighted by Gasteiger charge is 2.23. The molecule has 2 aromatic rings. The molecule has 6 nitrogen and oxygen atoms in total. The van der Waals surface area contributed by atoms with Gasteiger partial charge in [-0.05, 0) is 18.6 Å². The van der Waals surface area contributed by atoms with Crippen molar-refractivity contribution in [2.75, 3.05) is 32.9 Å². The molecule has 0 aliphatic carbocycles. The topological polar surface area (TPSA) is 67.1 Å². The average molecular weight is 303 g/mol. The van der Waals surface area contributed by atoms with Gasteiger partial charge in [0.1, 0.15) is 5.65 Å². The van der Waals surface area contributed by atoms with Crippen LogP contribution in [0.15, 0.2) is 24.5 Å². The number of fused-ring (bicyclic) bond motifs is 1. The SMILES string of the molecule is Cc1cccn2c(CC(=O)N3CCOC[C@H](CO)C3)cnc12. The van der Waals surface area contributed by atoms with Crippen LogP contribution < -0.4 is 0 Å². The molecule has 0 spiro atoms. The Hall–Kier alpha value is -1.92. The van der Waals surface area contributed by atoms with E-state index in [9.17, 15) is 9.90 Å². The summed E-state index contributed by atoms with van der Waals surface area (Å²) in [5.41, 5.74) is 2.86. The molecular formula is C16H21N3O3. The van der Waals surface area contributed by atoms with Gasteiger partial charge < -0.3 is 19.1 Å². The number of nitrogens with zero attached hydrogens (tertiary/aromatic N) is 3. The van der Waals surface area contributed by atoms with E-state index in [2.05, 4.69) is 4.98 Å². The van der Waals surface area contributed by atoms with Gasteiger partial charge in [-0.15, -0.1) is 0 Å². The number of pyridine rings is 1. The molecule has 0 radical (unpaired) electrons. The Balaban J connectivity index is 1.76. The zero-order chi connectivity index (χ0) is 15.5. The second-order valence-electron chi connectivity index (χ2n) is 5.77. The summed E-state index contributed by atoms with van der Waals surface area (Å²) in [4.78, 5) is 18.7. The average Bonchev–Trinajstić information content (AvgIpc) is 2.78. The zero-order valence-electron chi connectivity index (χ0n) is 12.7. The van der Waals surface area contributed by atoms with Crippen molar-refractivity contribution in [2.24, 2.45) is 5.92 Å². The molecule has 1 saturated heterocycles. The van der Waals surface area contributed by atoms with Crippen molar-refractivity contribution in [1.82, 2.24) is 14.3 Å². The highest BCUT2D eigenvalue weighted by Crippen LogP contribution is 2.14. The number of aromatic nitrogens is 2. The van der Waals surface area contributed by atoms with Gasteiger partial charge in [0.05, 0.1) is 25.3 Å². The van der Waals surface area contributed by atoms with Crippen LogP contribution in [0.5, 0.6) is 0 Å². The summed E-state index contributed by atoms with van der Waals surface area (Å²) in [7, 11) is 0. The Morgan fingerprint density at radius 3 is 3.23 bits per heavy atom. The number of ether oxygens (including phenoxy) is 1. The van der Waals surface area contributed by atoms with Crippen LogP contribution in [-0.2, 0) is 16.0 Å².